The zero-order valence-corrected chi connectivity index (χ0v) is 19.4. The van der Waals surface area contributed by atoms with Crippen molar-refractivity contribution >= 4 is 33.1 Å². The van der Waals surface area contributed by atoms with Crippen molar-refractivity contribution in [3.63, 3.8) is 0 Å². The number of aromatic nitrogens is 4. The quantitative estimate of drug-likeness (QED) is 0.653. The number of aryl methyl sites for hydroxylation is 3. The number of hydrogen-bond acceptors (Lipinski definition) is 8. The van der Waals surface area contributed by atoms with Crippen LogP contribution in [0.3, 0.4) is 0 Å². The Morgan fingerprint density at radius 1 is 1.19 bits per heavy atom. The summed E-state index contributed by atoms with van der Waals surface area (Å²) in [6.45, 7) is 10.6. The topological polar surface area (TPSA) is 71.3 Å². The summed E-state index contributed by atoms with van der Waals surface area (Å²) in [7, 11) is 1.97. The second-order valence-electron chi connectivity index (χ2n) is 8.64. The molecule has 3 aromatic heterocycles. The molecular formula is C22H31N7OS. The van der Waals surface area contributed by atoms with Crippen LogP contribution in [-0.2, 0) is 18.3 Å². The summed E-state index contributed by atoms with van der Waals surface area (Å²) < 4.78 is 7.37. The highest BCUT2D eigenvalue weighted by atomic mass is 32.1. The van der Waals surface area contributed by atoms with Crippen molar-refractivity contribution in [2.24, 2.45) is 7.05 Å². The van der Waals surface area contributed by atoms with E-state index < -0.39 is 0 Å². The van der Waals surface area contributed by atoms with Crippen molar-refractivity contribution in [1.82, 2.24) is 24.6 Å². The van der Waals surface area contributed by atoms with Crippen LogP contribution in [0.2, 0.25) is 0 Å². The molecule has 31 heavy (non-hydrogen) atoms. The summed E-state index contributed by atoms with van der Waals surface area (Å²) in [5.74, 6) is 1.89. The van der Waals surface area contributed by atoms with Gasteiger partial charge in [0, 0.05) is 50.3 Å². The normalized spacial score (nSPS) is 20.5. The van der Waals surface area contributed by atoms with Gasteiger partial charge in [-0.3, -0.25) is 9.58 Å². The van der Waals surface area contributed by atoms with Crippen LogP contribution in [0.1, 0.15) is 29.1 Å². The smallest absolute Gasteiger partial charge is 0.146 e. The van der Waals surface area contributed by atoms with Crippen LogP contribution in [0.4, 0.5) is 11.5 Å². The third-order valence-electron chi connectivity index (χ3n) is 6.36. The number of nitrogens with zero attached hydrogens (tertiary/aromatic N) is 6. The van der Waals surface area contributed by atoms with Gasteiger partial charge in [0.15, 0.2) is 0 Å². The molecule has 0 amide bonds. The van der Waals surface area contributed by atoms with Gasteiger partial charge in [0.2, 0.25) is 0 Å². The highest BCUT2D eigenvalue weighted by molar-refractivity contribution is 7.18. The minimum atomic E-state index is 0.350. The van der Waals surface area contributed by atoms with E-state index in [9.17, 15) is 0 Å². The Morgan fingerprint density at radius 2 is 2.03 bits per heavy atom. The molecule has 2 saturated heterocycles. The van der Waals surface area contributed by atoms with Gasteiger partial charge in [0.1, 0.15) is 16.5 Å². The summed E-state index contributed by atoms with van der Waals surface area (Å²) in [5.41, 5.74) is 2.48. The molecule has 0 aromatic carbocycles. The average Bonchev–Trinajstić information content (AvgIpc) is 3.32. The second kappa shape index (κ2) is 8.72. The second-order valence-corrected chi connectivity index (χ2v) is 9.85. The third-order valence-corrected chi connectivity index (χ3v) is 7.46. The van der Waals surface area contributed by atoms with Crippen molar-refractivity contribution in [3.05, 3.63) is 28.7 Å². The van der Waals surface area contributed by atoms with Gasteiger partial charge < -0.3 is 15.0 Å². The maximum atomic E-state index is 5.50. The number of hydrogen-bond donors (Lipinski definition) is 1. The Bertz CT molecular complexity index is 1060. The Balaban J connectivity index is 1.40. The van der Waals surface area contributed by atoms with Crippen LogP contribution in [0.25, 0.3) is 10.2 Å². The molecule has 3 aromatic rings. The standard InChI is InChI=1S/C22H31N7OS/c1-15-16(2)31-22-20(15)21(25-19(26-22)14-28-7-9-30-10-8-28)24-17-5-4-6-29(12-17)18-11-23-27(3)13-18/h11,13,17H,4-10,12,14H2,1-3H3,(H,24,25,26). The van der Waals surface area contributed by atoms with Crippen molar-refractivity contribution in [2.75, 3.05) is 49.6 Å². The minimum Gasteiger partial charge on any atom is -0.379 e. The molecule has 2 aliphatic heterocycles. The molecule has 166 valence electrons. The molecule has 9 heteroatoms. The van der Waals surface area contributed by atoms with E-state index in [2.05, 4.69) is 40.3 Å². The van der Waals surface area contributed by atoms with Gasteiger partial charge in [-0.25, -0.2) is 9.97 Å². The maximum Gasteiger partial charge on any atom is 0.146 e. The van der Waals surface area contributed by atoms with Crippen molar-refractivity contribution in [2.45, 2.75) is 39.3 Å². The number of thiophene rings is 1. The van der Waals surface area contributed by atoms with E-state index in [-0.39, 0.29) is 0 Å². The van der Waals surface area contributed by atoms with Crippen molar-refractivity contribution in [3.8, 4) is 0 Å². The van der Waals surface area contributed by atoms with E-state index >= 15 is 0 Å². The number of nitrogens with one attached hydrogen (secondary N) is 1. The molecule has 1 atom stereocenters. The van der Waals surface area contributed by atoms with Gasteiger partial charge in [0.25, 0.3) is 0 Å². The van der Waals surface area contributed by atoms with E-state index in [0.29, 0.717) is 6.04 Å². The predicted molar refractivity (Wildman–Crippen MR) is 125 cm³/mol. The first-order valence-corrected chi connectivity index (χ1v) is 12.0. The lowest BCUT2D eigenvalue weighted by molar-refractivity contribution is 0.0331. The number of ether oxygens (including phenoxy) is 1. The number of piperidine rings is 1. The van der Waals surface area contributed by atoms with Crippen molar-refractivity contribution in [1.29, 1.82) is 0 Å². The minimum absolute atomic E-state index is 0.350. The fraction of sp³-hybridized carbons (Fsp3) is 0.591. The molecule has 5 heterocycles. The Hall–Kier alpha value is -2.23. The summed E-state index contributed by atoms with van der Waals surface area (Å²) in [6, 6.07) is 0.350. The lowest BCUT2D eigenvalue weighted by Gasteiger charge is -2.34. The number of morpholine rings is 1. The van der Waals surface area contributed by atoms with Crippen LogP contribution in [0.5, 0.6) is 0 Å². The first kappa shape index (κ1) is 20.7. The number of rotatable bonds is 5. The monoisotopic (exact) mass is 441 g/mol. The molecular weight excluding hydrogens is 410 g/mol. The molecule has 5 rings (SSSR count). The van der Waals surface area contributed by atoms with Crippen LogP contribution in [-0.4, -0.2) is 70.1 Å². The van der Waals surface area contributed by atoms with Crippen LogP contribution in [0.15, 0.2) is 12.4 Å². The Kier molecular flexibility index (Phi) is 5.81. The van der Waals surface area contributed by atoms with Gasteiger partial charge in [-0.2, -0.15) is 5.10 Å². The molecule has 8 nitrogen and oxygen atoms in total. The van der Waals surface area contributed by atoms with Crippen LogP contribution < -0.4 is 10.2 Å². The number of anilines is 2. The summed E-state index contributed by atoms with van der Waals surface area (Å²) in [6.07, 6.45) is 6.35. The first-order valence-electron chi connectivity index (χ1n) is 11.1. The molecule has 0 spiro atoms. The SMILES string of the molecule is Cc1sc2nc(CN3CCOCC3)nc(NC3CCCN(c4cnn(C)c4)C3)c2c1C. The molecule has 0 saturated carbocycles. The first-order chi connectivity index (χ1) is 15.1. The van der Waals surface area contributed by atoms with E-state index in [4.69, 9.17) is 14.7 Å². The van der Waals surface area contributed by atoms with E-state index in [0.717, 1.165) is 75.3 Å². The van der Waals surface area contributed by atoms with Gasteiger partial charge >= 0.3 is 0 Å². The zero-order chi connectivity index (χ0) is 21.4. The summed E-state index contributed by atoms with van der Waals surface area (Å²) >= 11 is 1.78. The zero-order valence-electron chi connectivity index (χ0n) is 18.6. The average molecular weight is 442 g/mol. The molecule has 1 N–H and O–H groups in total. The van der Waals surface area contributed by atoms with Gasteiger partial charge in [-0.15, -0.1) is 11.3 Å². The molecule has 0 bridgehead atoms. The van der Waals surface area contributed by atoms with Gasteiger partial charge in [-0.1, -0.05) is 0 Å². The van der Waals surface area contributed by atoms with Crippen molar-refractivity contribution < 1.29 is 4.74 Å². The Morgan fingerprint density at radius 3 is 2.81 bits per heavy atom. The van der Waals surface area contributed by atoms with E-state index in [1.165, 1.54) is 21.5 Å². The van der Waals surface area contributed by atoms with E-state index in [1.54, 1.807) is 11.3 Å². The Labute approximate surface area is 187 Å². The third kappa shape index (κ3) is 4.40. The molecule has 2 fully saturated rings. The maximum absolute atomic E-state index is 5.50. The predicted octanol–water partition coefficient (Wildman–Crippen LogP) is 2.95. The molecule has 2 aliphatic rings. The summed E-state index contributed by atoms with van der Waals surface area (Å²) in [4.78, 5) is 17.2. The number of fused-ring (bicyclic) bond motifs is 1. The molecule has 0 radical (unpaired) electrons. The largest absolute Gasteiger partial charge is 0.379 e. The van der Waals surface area contributed by atoms with Gasteiger partial charge in [-0.05, 0) is 32.3 Å². The molecule has 1 unspecified atom stereocenters. The van der Waals surface area contributed by atoms with Crippen LogP contribution >= 0.6 is 11.3 Å². The van der Waals surface area contributed by atoms with Gasteiger partial charge in [0.05, 0.1) is 37.0 Å². The van der Waals surface area contributed by atoms with E-state index in [1.807, 2.05) is 17.9 Å². The fourth-order valence-electron chi connectivity index (χ4n) is 4.52. The van der Waals surface area contributed by atoms with Crippen LogP contribution in [0, 0.1) is 13.8 Å². The lowest BCUT2D eigenvalue weighted by atomic mass is 10.0. The fourth-order valence-corrected chi connectivity index (χ4v) is 5.57. The molecule has 0 aliphatic carbocycles. The summed E-state index contributed by atoms with van der Waals surface area (Å²) in [5, 5.41) is 9.34. The highest BCUT2D eigenvalue weighted by Crippen LogP contribution is 2.34. The lowest BCUT2D eigenvalue weighted by Crippen LogP contribution is -2.42. The highest BCUT2D eigenvalue weighted by Gasteiger charge is 2.24.